The summed E-state index contributed by atoms with van der Waals surface area (Å²) in [5.41, 5.74) is 1.79. The molecular formula is C13H10ClN5O. The molecule has 3 aromatic rings. The van der Waals surface area contributed by atoms with Gasteiger partial charge in [0.1, 0.15) is 0 Å². The molecule has 1 N–H and O–H groups in total. The molecule has 0 saturated heterocycles. The third kappa shape index (κ3) is 2.21. The Labute approximate surface area is 119 Å². The zero-order valence-corrected chi connectivity index (χ0v) is 11.3. The molecule has 0 aliphatic carbocycles. The molecule has 3 rings (SSSR count). The average Bonchev–Trinajstić information content (AvgIpc) is 2.82. The standard InChI is InChI=1S/C13H10ClN5O/c1-8(20)15-10-7-11(14)18-19-12(16-17-13(10)19)9-5-3-2-4-6-9/h2-7H,1H3,(H,15,20). The van der Waals surface area contributed by atoms with Crippen molar-refractivity contribution in [2.75, 3.05) is 5.32 Å². The second kappa shape index (κ2) is 4.90. The summed E-state index contributed by atoms with van der Waals surface area (Å²) in [5, 5.41) is 15.3. The first kappa shape index (κ1) is 12.6. The zero-order valence-electron chi connectivity index (χ0n) is 10.5. The summed E-state index contributed by atoms with van der Waals surface area (Å²) in [5.74, 6) is 0.355. The molecule has 0 atom stereocenters. The fourth-order valence-electron chi connectivity index (χ4n) is 1.90. The van der Waals surface area contributed by atoms with Gasteiger partial charge in [-0.25, -0.2) is 0 Å². The summed E-state index contributed by atoms with van der Waals surface area (Å²) in [6.07, 6.45) is 0. The Morgan fingerprint density at radius 3 is 2.70 bits per heavy atom. The van der Waals surface area contributed by atoms with Gasteiger partial charge in [0, 0.05) is 18.6 Å². The Balaban J connectivity index is 2.22. The Bertz CT molecular complexity index is 784. The summed E-state index contributed by atoms with van der Waals surface area (Å²) < 4.78 is 1.52. The van der Waals surface area contributed by atoms with Gasteiger partial charge in [-0.2, -0.15) is 9.61 Å². The van der Waals surface area contributed by atoms with Gasteiger partial charge in [-0.3, -0.25) is 4.79 Å². The van der Waals surface area contributed by atoms with E-state index in [-0.39, 0.29) is 11.1 Å². The van der Waals surface area contributed by atoms with Gasteiger partial charge < -0.3 is 5.32 Å². The van der Waals surface area contributed by atoms with E-state index in [9.17, 15) is 4.79 Å². The molecule has 20 heavy (non-hydrogen) atoms. The number of carbonyl (C=O) groups excluding carboxylic acids is 1. The van der Waals surface area contributed by atoms with Crippen LogP contribution in [0.4, 0.5) is 5.69 Å². The van der Waals surface area contributed by atoms with E-state index >= 15 is 0 Å². The van der Waals surface area contributed by atoms with Gasteiger partial charge in [-0.05, 0) is 0 Å². The van der Waals surface area contributed by atoms with Crippen molar-refractivity contribution in [1.29, 1.82) is 0 Å². The van der Waals surface area contributed by atoms with E-state index in [0.29, 0.717) is 17.2 Å². The summed E-state index contributed by atoms with van der Waals surface area (Å²) in [7, 11) is 0. The predicted octanol–water partition coefficient (Wildman–Crippen LogP) is 2.40. The van der Waals surface area contributed by atoms with Gasteiger partial charge in [-0.15, -0.1) is 10.2 Å². The van der Waals surface area contributed by atoms with Gasteiger partial charge in [0.25, 0.3) is 0 Å². The second-order valence-corrected chi connectivity index (χ2v) is 4.57. The Morgan fingerprint density at radius 2 is 2.00 bits per heavy atom. The maximum absolute atomic E-state index is 11.2. The van der Waals surface area contributed by atoms with E-state index in [2.05, 4.69) is 20.6 Å². The number of nitrogens with zero attached hydrogens (tertiary/aromatic N) is 4. The van der Waals surface area contributed by atoms with Crippen molar-refractivity contribution in [2.24, 2.45) is 0 Å². The number of halogens is 1. The smallest absolute Gasteiger partial charge is 0.221 e. The molecule has 0 saturated carbocycles. The minimum Gasteiger partial charge on any atom is -0.323 e. The topological polar surface area (TPSA) is 72.2 Å². The number of carbonyl (C=O) groups is 1. The second-order valence-electron chi connectivity index (χ2n) is 4.19. The van der Waals surface area contributed by atoms with E-state index < -0.39 is 0 Å². The first-order chi connectivity index (χ1) is 9.65. The minimum absolute atomic E-state index is 0.210. The molecule has 1 aromatic carbocycles. The van der Waals surface area contributed by atoms with E-state index in [1.165, 1.54) is 11.4 Å². The van der Waals surface area contributed by atoms with E-state index in [4.69, 9.17) is 11.6 Å². The van der Waals surface area contributed by atoms with Crippen molar-refractivity contribution in [3.8, 4) is 11.4 Å². The number of benzene rings is 1. The van der Waals surface area contributed by atoms with Crippen molar-refractivity contribution in [3.63, 3.8) is 0 Å². The Hall–Kier alpha value is -2.47. The minimum atomic E-state index is -0.210. The van der Waals surface area contributed by atoms with Crippen LogP contribution in [0.15, 0.2) is 36.4 Å². The maximum Gasteiger partial charge on any atom is 0.221 e. The van der Waals surface area contributed by atoms with Crippen LogP contribution in [0.3, 0.4) is 0 Å². The molecule has 0 radical (unpaired) electrons. The molecule has 2 aromatic heterocycles. The highest BCUT2D eigenvalue weighted by Crippen LogP contribution is 2.23. The molecule has 0 unspecified atom stereocenters. The Kier molecular flexibility index (Phi) is 3.08. The normalized spacial score (nSPS) is 10.7. The molecular weight excluding hydrogens is 278 g/mol. The van der Waals surface area contributed by atoms with Crippen LogP contribution in [0.25, 0.3) is 17.0 Å². The lowest BCUT2D eigenvalue weighted by atomic mass is 10.2. The maximum atomic E-state index is 11.2. The van der Waals surface area contributed by atoms with Crippen molar-refractivity contribution >= 4 is 28.8 Å². The van der Waals surface area contributed by atoms with Gasteiger partial charge in [0.05, 0.1) is 5.69 Å². The van der Waals surface area contributed by atoms with Crippen LogP contribution in [-0.2, 0) is 4.79 Å². The number of aromatic nitrogens is 4. The van der Waals surface area contributed by atoms with Crippen molar-refractivity contribution < 1.29 is 4.79 Å². The van der Waals surface area contributed by atoms with Gasteiger partial charge >= 0.3 is 0 Å². The molecule has 1 amide bonds. The molecule has 6 nitrogen and oxygen atoms in total. The monoisotopic (exact) mass is 287 g/mol. The molecule has 0 spiro atoms. The van der Waals surface area contributed by atoms with Gasteiger partial charge in [0.15, 0.2) is 11.0 Å². The third-order valence-electron chi connectivity index (χ3n) is 2.68. The van der Waals surface area contributed by atoms with E-state index in [0.717, 1.165) is 5.56 Å². The van der Waals surface area contributed by atoms with E-state index in [1.54, 1.807) is 6.07 Å². The summed E-state index contributed by atoms with van der Waals surface area (Å²) in [6.45, 7) is 1.42. The number of amides is 1. The number of rotatable bonds is 2. The van der Waals surface area contributed by atoms with E-state index in [1.807, 2.05) is 30.3 Å². The van der Waals surface area contributed by atoms with Crippen molar-refractivity contribution in [3.05, 3.63) is 41.6 Å². The molecule has 0 aliphatic heterocycles. The molecule has 7 heteroatoms. The molecule has 0 fully saturated rings. The summed E-state index contributed by atoms with van der Waals surface area (Å²) in [6, 6.07) is 11.1. The first-order valence-electron chi connectivity index (χ1n) is 5.90. The Morgan fingerprint density at radius 1 is 1.25 bits per heavy atom. The number of anilines is 1. The molecule has 100 valence electrons. The number of fused-ring (bicyclic) bond motifs is 1. The van der Waals surface area contributed by atoms with Crippen LogP contribution in [-0.4, -0.2) is 25.7 Å². The number of nitrogens with one attached hydrogen (secondary N) is 1. The highest BCUT2D eigenvalue weighted by Gasteiger charge is 2.14. The van der Waals surface area contributed by atoms with Gasteiger partial charge in [-0.1, -0.05) is 41.9 Å². The average molecular weight is 288 g/mol. The van der Waals surface area contributed by atoms with Crippen LogP contribution in [0.1, 0.15) is 6.92 Å². The van der Waals surface area contributed by atoms with Crippen LogP contribution >= 0.6 is 11.6 Å². The highest BCUT2D eigenvalue weighted by atomic mass is 35.5. The predicted molar refractivity (Wildman–Crippen MR) is 75.5 cm³/mol. The fourth-order valence-corrected chi connectivity index (χ4v) is 2.08. The first-order valence-corrected chi connectivity index (χ1v) is 6.28. The largest absolute Gasteiger partial charge is 0.323 e. The SMILES string of the molecule is CC(=O)Nc1cc(Cl)nn2c(-c3ccccc3)nnc12. The third-order valence-corrected chi connectivity index (χ3v) is 2.87. The molecule has 2 heterocycles. The van der Waals surface area contributed by atoms with Crippen molar-refractivity contribution in [2.45, 2.75) is 6.92 Å². The quantitative estimate of drug-likeness (QED) is 0.785. The molecule has 0 bridgehead atoms. The lowest BCUT2D eigenvalue weighted by Crippen LogP contribution is -2.08. The number of hydrogen-bond donors (Lipinski definition) is 1. The van der Waals surface area contributed by atoms with Gasteiger partial charge in [0.2, 0.25) is 11.6 Å². The zero-order chi connectivity index (χ0) is 14.1. The summed E-state index contributed by atoms with van der Waals surface area (Å²) >= 11 is 5.98. The lowest BCUT2D eigenvalue weighted by molar-refractivity contribution is -0.114. The molecule has 0 aliphatic rings. The van der Waals surface area contributed by atoms with Crippen LogP contribution in [0.5, 0.6) is 0 Å². The van der Waals surface area contributed by atoms with Crippen LogP contribution < -0.4 is 5.32 Å². The van der Waals surface area contributed by atoms with Crippen LogP contribution in [0.2, 0.25) is 5.15 Å². The highest BCUT2D eigenvalue weighted by molar-refractivity contribution is 6.29. The fraction of sp³-hybridized carbons (Fsp3) is 0.0769. The number of hydrogen-bond acceptors (Lipinski definition) is 4. The lowest BCUT2D eigenvalue weighted by Gasteiger charge is -2.05. The summed E-state index contributed by atoms with van der Waals surface area (Å²) in [4.78, 5) is 11.2. The van der Waals surface area contributed by atoms with Crippen molar-refractivity contribution in [1.82, 2.24) is 19.8 Å². The van der Waals surface area contributed by atoms with Crippen LogP contribution in [0, 0.1) is 0 Å².